The number of amides is 1. The van der Waals surface area contributed by atoms with Gasteiger partial charge in [0.2, 0.25) is 0 Å². The molecule has 17 heavy (non-hydrogen) atoms. The van der Waals surface area contributed by atoms with Gasteiger partial charge in [-0.2, -0.15) is 0 Å². The largest absolute Gasteiger partial charge is 0.449 e. The van der Waals surface area contributed by atoms with E-state index in [1.54, 1.807) is 0 Å². The van der Waals surface area contributed by atoms with Crippen LogP contribution in [0.15, 0.2) is 24.3 Å². The molecule has 1 amide bonds. The molecule has 0 aliphatic carbocycles. The van der Waals surface area contributed by atoms with Crippen LogP contribution in [0.1, 0.15) is 31.0 Å². The van der Waals surface area contributed by atoms with E-state index in [2.05, 4.69) is 38.2 Å². The SMILES string of the molecule is Cc1cccc([C@@H]2NC(=O)OCC2(C)C)c1.Cl. The van der Waals surface area contributed by atoms with Gasteiger partial charge in [-0.3, -0.25) is 0 Å². The molecule has 0 unspecified atom stereocenters. The van der Waals surface area contributed by atoms with E-state index in [9.17, 15) is 4.79 Å². The Kier molecular flexibility index (Phi) is 4.04. The van der Waals surface area contributed by atoms with Gasteiger partial charge >= 0.3 is 6.09 Å². The molecular weight excluding hydrogens is 238 g/mol. The lowest BCUT2D eigenvalue weighted by atomic mass is 9.80. The van der Waals surface area contributed by atoms with E-state index in [1.807, 2.05) is 12.1 Å². The van der Waals surface area contributed by atoms with E-state index in [-0.39, 0.29) is 30.0 Å². The molecule has 4 heteroatoms. The Morgan fingerprint density at radius 1 is 1.41 bits per heavy atom. The minimum Gasteiger partial charge on any atom is -0.449 e. The summed E-state index contributed by atoms with van der Waals surface area (Å²) in [6.07, 6.45) is -0.328. The number of ether oxygens (including phenoxy) is 1. The predicted octanol–water partition coefficient (Wildman–Crippen LogP) is 3.22. The van der Waals surface area contributed by atoms with Gasteiger partial charge in [-0.05, 0) is 12.5 Å². The number of nitrogens with one attached hydrogen (secondary N) is 1. The van der Waals surface area contributed by atoms with Gasteiger partial charge in [-0.1, -0.05) is 43.7 Å². The highest BCUT2D eigenvalue weighted by Gasteiger charge is 2.37. The van der Waals surface area contributed by atoms with Crippen LogP contribution in [-0.2, 0) is 4.74 Å². The average molecular weight is 256 g/mol. The first kappa shape index (κ1) is 13.8. The van der Waals surface area contributed by atoms with E-state index in [0.717, 1.165) is 5.56 Å². The molecule has 0 saturated carbocycles. The molecule has 1 aromatic rings. The maximum Gasteiger partial charge on any atom is 0.407 e. The van der Waals surface area contributed by atoms with E-state index >= 15 is 0 Å². The van der Waals surface area contributed by atoms with Gasteiger partial charge in [0.05, 0.1) is 6.04 Å². The highest BCUT2D eigenvalue weighted by atomic mass is 35.5. The normalized spacial score (nSPS) is 22.1. The smallest absolute Gasteiger partial charge is 0.407 e. The van der Waals surface area contributed by atoms with E-state index in [4.69, 9.17) is 4.74 Å². The number of aryl methyl sites for hydroxylation is 1. The van der Waals surface area contributed by atoms with Crippen LogP contribution >= 0.6 is 12.4 Å². The van der Waals surface area contributed by atoms with Gasteiger partial charge in [0.25, 0.3) is 0 Å². The van der Waals surface area contributed by atoms with Crippen molar-refractivity contribution in [1.82, 2.24) is 5.32 Å². The fraction of sp³-hybridized carbons (Fsp3) is 0.462. The second-order valence-electron chi connectivity index (χ2n) is 5.06. The number of alkyl carbamates (subject to hydrolysis) is 1. The number of halogens is 1. The molecule has 0 bridgehead atoms. The Hall–Kier alpha value is -1.22. The molecule has 1 aromatic carbocycles. The van der Waals surface area contributed by atoms with E-state index in [1.165, 1.54) is 5.56 Å². The molecule has 2 rings (SSSR count). The molecule has 1 heterocycles. The number of hydrogen-bond donors (Lipinski definition) is 1. The summed E-state index contributed by atoms with van der Waals surface area (Å²) in [5.74, 6) is 0. The van der Waals surface area contributed by atoms with E-state index < -0.39 is 0 Å². The van der Waals surface area contributed by atoms with Crippen LogP contribution < -0.4 is 5.32 Å². The standard InChI is InChI=1S/C13H17NO2.ClH/c1-9-5-4-6-10(7-9)11-13(2,3)8-16-12(15)14-11;/h4-7,11H,8H2,1-3H3,(H,14,15);1H/t11-;/m0./s1. The van der Waals surface area contributed by atoms with Crippen molar-refractivity contribution in [1.29, 1.82) is 0 Å². The first-order valence-corrected chi connectivity index (χ1v) is 5.49. The third-order valence-corrected chi connectivity index (χ3v) is 2.99. The van der Waals surface area contributed by atoms with Gasteiger partial charge in [-0.25, -0.2) is 4.79 Å². The zero-order valence-corrected chi connectivity index (χ0v) is 11.1. The lowest BCUT2D eigenvalue weighted by molar-refractivity contribution is 0.0387. The second kappa shape index (κ2) is 4.96. The Bertz CT molecular complexity index is 418. The Balaban J connectivity index is 0.00000144. The molecule has 1 saturated heterocycles. The quantitative estimate of drug-likeness (QED) is 0.837. The number of carbonyl (C=O) groups is 1. The molecular formula is C13H18ClNO2. The summed E-state index contributed by atoms with van der Waals surface area (Å²) in [5, 5.41) is 2.89. The van der Waals surface area contributed by atoms with Crippen molar-refractivity contribution in [2.75, 3.05) is 6.61 Å². The Labute approximate surface area is 108 Å². The first-order valence-electron chi connectivity index (χ1n) is 5.49. The summed E-state index contributed by atoms with van der Waals surface area (Å²) in [6.45, 7) is 6.70. The zero-order valence-electron chi connectivity index (χ0n) is 10.3. The van der Waals surface area contributed by atoms with Crippen LogP contribution in [-0.4, -0.2) is 12.7 Å². The maximum atomic E-state index is 11.3. The van der Waals surface area contributed by atoms with Crippen molar-refractivity contribution in [2.24, 2.45) is 5.41 Å². The minimum absolute atomic E-state index is 0. The minimum atomic E-state index is -0.328. The number of rotatable bonds is 1. The zero-order chi connectivity index (χ0) is 11.8. The molecule has 1 fully saturated rings. The highest BCUT2D eigenvalue weighted by Crippen LogP contribution is 2.36. The van der Waals surface area contributed by atoms with Crippen LogP contribution in [0.2, 0.25) is 0 Å². The summed E-state index contributed by atoms with van der Waals surface area (Å²) in [7, 11) is 0. The van der Waals surface area contributed by atoms with Crippen LogP contribution in [0.4, 0.5) is 4.79 Å². The molecule has 0 radical (unpaired) electrons. The molecule has 1 aliphatic rings. The van der Waals surface area contributed by atoms with Crippen molar-refractivity contribution in [3.8, 4) is 0 Å². The third kappa shape index (κ3) is 2.91. The topological polar surface area (TPSA) is 38.3 Å². The van der Waals surface area contributed by atoms with Crippen molar-refractivity contribution < 1.29 is 9.53 Å². The average Bonchev–Trinajstić information content (AvgIpc) is 2.22. The third-order valence-electron chi connectivity index (χ3n) is 2.99. The molecule has 1 aliphatic heterocycles. The first-order chi connectivity index (χ1) is 7.49. The van der Waals surface area contributed by atoms with Crippen LogP contribution in [0.5, 0.6) is 0 Å². The Morgan fingerprint density at radius 2 is 2.12 bits per heavy atom. The van der Waals surface area contributed by atoms with Gasteiger partial charge in [0, 0.05) is 5.41 Å². The summed E-state index contributed by atoms with van der Waals surface area (Å²) in [4.78, 5) is 11.3. The van der Waals surface area contributed by atoms with Gasteiger partial charge in [0.1, 0.15) is 6.61 Å². The van der Waals surface area contributed by atoms with Crippen molar-refractivity contribution in [2.45, 2.75) is 26.8 Å². The lowest BCUT2D eigenvalue weighted by Crippen LogP contribution is -2.46. The van der Waals surface area contributed by atoms with Crippen molar-refractivity contribution in [3.63, 3.8) is 0 Å². The number of cyclic esters (lactones) is 1. The van der Waals surface area contributed by atoms with Crippen molar-refractivity contribution >= 4 is 18.5 Å². The molecule has 1 N–H and O–H groups in total. The molecule has 0 spiro atoms. The summed E-state index contributed by atoms with van der Waals surface area (Å²) < 4.78 is 5.03. The summed E-state index contributed by atoms with van der Waals surface area (Å²) in [5.41, 5.74) is 2.26. The molecule has 3 nitrogen and oxygen atoms in total. The lowest BCUT2D eigenvalue weighted by Gasteiger charge is -2.38. The van der Waals surface area contributed by atoms with Crippen molar-refractivity contribution in [3.05, 3.63) is 35.4 Å². The molecule has 94 valence electrons. The number of benzene rings is 1. The Morgan fingerprint density at radius 3 is 2.76 bits per heavy atom. The number of hydrogen-bond acceptors (Lipinski definition) is 2. The fourth-order valence-electron chi connectivity index (χ4n) is 2.07. The van der Waals surface area contributed by atoms with Gasteiger partial charge in [-0.15, -0.1) is 12.4 Å². The van der Waals surface area contributed by atoms with Gasteiger partial charge < -0.3 is 10.1 Å². The second-order valence-corrected chi connectivity index (χ2v) is 5.06. The van der Waals surface area contributed by atoms with Crippen LogP contribution in [0, 0.1) is 12.3 Å². The monoisotopic (exact) mass is 255 g/mol. The van der Waals surface area contributed by atoms with Crippen LogP contribution in [0.3, 0.4) is 0 Å². The molecule has 0 aromatic heterocycles. The van der Waals surface area contributed by atoms with Gasteiger partial charge in [0.15, 0.2) is 0 Å². The maximum absolute atomic E-state index is 11.3. The highest BCUT2D eigenvalue weighted by molar-refractivity contribution is 5.85. The predicted molar refractivity (Wildman–Crippen MR) is 69.4 cm³/mol. The molecule has 1 atom stereocenters. The summed E-state index contributed by atoms with van der Waals surface area (Å²) in [6, 6.07) is 8.25. The number of carbonyl (C=O) groups excluding carboxylic acids is 1. The van der Waals surface area contributed by atoms with Crippen LogP contribution in [0.25, 0.3) is 0 Å². The fourth-order valence-corrected chi connectivity index (χ4v) is 2.07. The van der Waals surface area contributed by atoms with E-state index in [0.29, 0.717) is 6.61 Å². The summed E-state index contributed by atoms with van der Waals surface area (Å²) >= 11 is 0.